The van der Waals surface area contributed by atoms with Crippen LogP contribution in [0.15, 0.2) is 53.3 Å². The summed E-state index contributed by atoms with van der Waals surface area (Å²) in [6.45, 7) is 2.25. The Labute approximate surface area is 160 Å². The molecule has 1 aromatic carbocycles. The zero-order valence-corrected chi connectivity index (χ0v) is 15.9. The molecule has 1 aliphatic rings. The Balaban J connectivity index is 1.48. The van der Waals surface area contributed by atoms with Gasteiger partial charge in [0, 0.05) is 42.9 Å². The third-order valence-corrected chi connectivity index (χ3v) is 5.00. The molecular formula is C20H19BrN4O. The van der Waals surface area contributed by atoms with E-state index in [9.17, 15) is 4.79 Å². The maximum Gasteiger partial charge on any atom is 0.222 e. The van der Waals surface area contributed by atoms with Crippen LogP contribution in [0, 0.1) is 0 Å². The highest BCUT2D eigenvalue weighted by atomic mass is 79.9. The molecule has 132 valence electrons. The molecule has 0 radical (unpaired) electrons. The van der Waals surface area contributed by atoms with Gasteiger partial charge in [-0.2, -0.15) is 0 Å². The van der Waals surface area contributed by atoms with Crippen molar-refractivity contribution < 1.29 is 4.79 Å². The summed E-state index contributed by atoms with van der Waals surface area (Å²) < 4.78 is 0.916. The Hall–Kier alpha value is -2.47. The monoisotopic (exact) mass is 410 g/mol. The molecule has 3 aromatic rings. The molecule has 1 saturated heterocycles. The zero-order valence-electron chi connectivity index (χ0n) is 14.3. The van der Waals surface area contributed by atoms with Crippen LogP contribution in [0.5, 0.6) is 0 Å². The normalized spacial score (nSPS) is 14.2. The number of hydrogen-bond acceptors (Lipinski definition) is 4. The number of pyridine rings is 2. The molecule has 0 spiro atoms. The third kappa shape index (κ3) is 3.70. The molecule has 0 aliphatic carbocycles. The number of fused-ring (bicyclic) bond motifs is 1. The van der Waals surface area contributed by atoms with Crippen molar-refractivity contribution in [1.29, 1.82) is 0 Å². The smallest absolute Gasteiger partial charge is 0.222 e. The molecule has 1 amide bonds. The number of nitrogens with zero attached hydrogens (tertiary/aromatic N) is 3. The summed E-state index contributed by atoms with van der Waals surface area (Å²) in [5, 5.41) is 3.45. The maximum atomic E-state index is 11.8. The summed E-state index contributed by atoms with van der Waals surface area (Å²) in [5.74, 6) is 0.258. The van der Waals surface area contributed by atoms with E-state index in [1.807, 2.05) is 23.1 Å². The molecule has 5 nitrogen and oxygen atoms in total. The van der Waals surface area contributed by atoms with Gasteiger partial charge in [-0.05, 0) is 45.6 Å². The van der Waals surface area contributed by atoms with E-state index in [2.05, 4.69) is 49.4 Å². The molecule has 0 bridgehead atoms. The van der Waals surface area contributed by atoms with Crippen molar-refractivity contribution in [3.05, 3.63) is 64.4 Å². The number of halogens is 1. The fourth-order valence-electron chi connectivity index (χ4n) is 3.28. The van der Waals surface area contributed by atoms with Crippen LogP contribution < -0.4 is 5.32 Å². The lowest BCUT2D eigenvalue weighted by Crippen LogP contribution is -2.23. The number of carbonyl (C=O) groups is 1. The molecule has 1 N–H and O–H groups in total. The van der Waals surface area contributed by atoms with Gasteiger partial charge in [0.25, 0.3) is 0 Å². The van der Waals surface area contributed by atoms with Gasteiger partial charge >= 0.3 is 0 Å². The molecule has 1 fully saturated rings. The Kier molecular flexibility index (Phi) is 4.84. The van der Waals surface area contributed by atoms with Crippen LogP contribution in [0.3, 0.4) is 0 Å². The maximum absolute atomic E-state index is 11.8. The number of likely N-dealkylation sites (tertiary alicyclic amines) is 1. The second kappa shape index (κ2) is 7.41. The SMILES string of the molecule is O=C1CCCN1Cc1cccc(CNc2ccnc3cc(Br)cnc23)c1. The van der Waals surface area contributed by atoms with E-state index >= 15 is 0 Å². The van der Waals surface area contributed by atoms with Crippen LogP contribution in [0.1, 0.15) is 24.0 Å². The first kappa shape index (κ1) is 17.0. The molecule has 6 heteroatoms. The predicted molar refractivity (Wildman–Crippen MR) is 106 cm³/mol. The first-order chi connectivity index (χ1) is 12.7. The summed E-state index contributed by atoms with van der Waals surface area (Å²) >= 11 is 3.43. The van der Waals surface area contributed by atoms with Gasteiger partial charge in [0.05, 0.1) is 11.2 Å². The van der Waals surface area contributed by atoms with E-state index in [4.69, 9.17) is 0 Å². The standard InChI is InChI=1S/C20H19BrN4O/c21-16-10-18-20(24-12-16)17(6-7-22-18)23-11-14-3-1-4-15(9-14)13-25-8-2-5-19(25)26/h1,3-4,6-7,9-10,12H,2,5,8,11,13H2,(H,22,23). The lowest BCUT2D eigenvalue weighted by molar-refractivity contribution is -0.128. The molecular weight excluding hydrogens is 392 g/mol. The van der Waals surface area contributed by atoms with Gasteiger partial charge < -0.3 is 10.2 Å². The van der Waals surface area contributed by atoms with Crippen molar-refractivity contribution in [2.24, 2.45) is 0 Å². The average Bonchev–Trinajstić information content (AvgIpc) is 3.04. The van der Waals surface area contributed by atoms with Gasteiger partial charge in [-0.3, -0.25) is 14.8 Å². The van der Waals surface area contributed by atoms with Crippen LogP contribution in [0.25, 0.3) is 11.0 Å². The van der Waals surface area contributed by atoms with E-state index < -0.39 is 0 Å². The molecule has 1 aliphatic heterocycles. The van der Waals surface area contributed by atoms with Crippen LogP contribution in [0.4, 0.5) is 5.69 Å². The highest BCUT2D eigenvalue weighted by molar-refractivity contribution is 9.10. The minimum absolute atomic E-state index is 0.258. The summed E-state index contributed by atoms with van der Waals surface area (Å²) in [4.78, 5) is 22.6. The number of carbonyl (C=O) groups excluding carboxylic acids is 1. The number of hydrogen-bond donors (Lipinski definition) is 1. The molecule has 26 heavy (non-hydrogen) atoms. The lowest BCUT2D eigenvalue weighted by Gasteiger charge is -2.16. The van der Waals surface area contributed by atoms with Gasteiger partial charge in [0.15, 0.2) is 0 Å². The fourth-order valence-corrected chi connectivity index (χ4v) is 3.59. The van der Waals surface area contributed by atoms with Crippen molar-refractivity contribution in [2.75, 3.05) is 11.9 Å². The number of aromatic nitrogens is 2. The number of anilines is 1. The van der Waals surface area contributed by atoms with Crippen LogP contribution >= 0.6 is 15.9 Å². The van der Waals surface area contributed by atoms with E-state index in [-0.39, 0.29) is 5.91 Å². The van der Waals surface area contributed by atoms with E-state index in [0.717, 1.165) is 34.2 Å². The molecule has 0 saturated carbocycles. The van der Waals surface area contributed by atoms with Crippen molar-refractivity contribution in [1.82, 2.24) is 14.9 Å². The quantitative estimate of drug-likeness (QED) is 0.686. The fraction of sp³-hybridized carbons (Fsp3) is 0.250. The van der Waals surface area contributed by atoms with Crippen LogP contribution in [0.2, 0.25) is 0 Å². The van der Waals surface area contributed by atoms with Gasteiger partial charge in [-0.25, -0.2) is 0 Å². The minimum Gasteiger partial charge on any atom is -0.379 e. The van der Waals surface area contributed by atoms with Crippen molar-refractivity contribution >= 4 is 38.6 Å². The van der Waals surface area contributed by atoms with Crippen molar-refractivity contribution in [2.45, 2.75) is 25.9 Å². The Morgan fingerprint density at radius 2 is 2.04 bits per heavy atom. The first-order valence-electron chi connectivity index (χ1n) is 8.69. The largest absolute Gasteiger partial charge is 0.379 e. The molecule has 4 rings (SSSR count). The summed E-state index contributed by atoms with van der Waals surface area (Å²) in [5.41, 5.74) is 5.01. The number of benzene rings is 1. The Morgan fingerprint density at radius 3 is 2.88 bits per heavy atom. The van der Waals surface area contributed by atoms with Crippen molar-refractivity contribution in [3.63, 3.8) is 0 Å². The summed E-state index contributed by atoms with van der Waals surface area (Å²) in [7, 11) is 0. The van der Waals surface area contributed by atoms with Gasteiger partial charge in [-0.1, -0.05) is 24.3 Å². The minimum atomic E-state index is 0.258. The molecule has 3 heterocycles. The Bertz CT molecular complexity index is 959. The first-order valence-corrected chi connectivity index (χ1v) is 9.48. The third-order valence-electron chi connectivity index (χ3n) is 4.56. The van der Waals surface area contributed by atoms with E-state index in [1.54, 1.807) is 12.4 Å². The van der Waals surface area contributed by atoms with Gasteiger partial charge in [0.1, 0.15) is 5.52 Å². The van der Waals surface area contributed by atoms with E-state index in [0.29, 0.717) is 19.5 Å². The zero-order chi connectivity index (χ0) is 17.9. The average molecular weight is 411 g/mol. The summed E-state index contributed by atoms with van der Waals surface area (Å²) in [6, 6.07) is 12.3. The highest BCUT2D eigenvalue weighted by Gasteiger charge is 2.19. The second-order valence-electron chi connectivity index (χ2n) is 6.47. The van der Waals surface area contributed by atoms with Crippen LogP contribution in [-0.4, -0.2) is 27.3 Å². The van der Waals surface area contributed by atoms with Gasteiger partial charge in [-0.15, -0.1) is 0 Å². The number of rotatable bonds is 5. The van der Waals surface area contributed by atoms with Gasteiger partial charge in [0.2, 0.25) is 5.91 Å². The lowest BCUT2D eigenvalue weighted by atomic mass is 10.1. The predicted octanol–water partition coefficient (Wildman–Crippen LogP) is 4.13. The Morgan fingerprint density at radius 1 is 1.15 bits per heavy atom. The van der Waals surface area contributed by atoms with E-state index in [1.165, 1.54) is 11.1 Å². The molecule has 2 aromatic heterocycles. The molecule has 0 atom stereocenters. The number of nitrogens with one attached hydrogen (secondary N) is 1. The van der Waals surface area contributed by atoms with Crippen molar-refractivity contribution in [3.8, 4) is 0 Å². The molecule has 0 unspecified atom stereocenters. The second-order valence-corrected chi connectivity index (χ2v) is 7.39. The van der Waals surface area contributed by atoms with Crippen LogP contribution in [-0.2, 0) is 17.9 Å². The topological polar surface area (TPSA) is 58.1 Å². The number of amides is 1. The summed E-state index contributed by atoms with van der Waals surface area (Å²) in [6.07, 6.45) is 5.22. The highest BCUT2D eigenvalue weighted by Crippen LogP contribution is 2.23.